The van der Waals surface area contributed by atoms with Crippen molar-refractivity contribution in [2.24, 2.45) is 0 Å². The summed E-state index contributed by atoms with van der Waals surface area (Å²) < 4.78 is 1.78. The van der Waals surface area contributed by atoms with Gasteiger partial charge in [-0.25, -0.2) is 0 Å². The predicted molar refractivity (Wildman–Crippen MR) is 88.0 cm³/mol. The predicted octanol–water partition coefficient (Wildman–Crippen LogP) is 2.95. The van der Waals surface area contributed by atoms with Gasteiger partial charge in [0.2, 0.25) is 5.91 Å². The van der Waals surface area contributed by atoms with Crippen molar-refractivity contribution in [1.82, 2.24) is 4.57 Å². The zero-order valence-corrected chi connectivity index (χ0v) is 12.2. The highest BCUT2D eigenvalue weighted by molar-refractivity contribution is 5.92. The van der Waals surface area contributed by atoms with Gasteiger partial charge in [-0.3, -0.25) is 9.59 Å². The van der Waals surface area contributed by atoms with E-state index in [1.165, 1.54) is 6.07 Å². The molecule has 1 aromatic heterocycles. The van der Waals surface area contributed by atoms with Crippen LogP contribution in [0.1, 0.15) is 5.56 Å². The van der Waals surface area contributed by atoms with E-state index in [1.807, 2.05) is 49.4 Å². The molecule has 0 bridgehead atoms. The summed E-state index contributed by atoms with van der Waals surface area (Å²) in [7, 11) is 0. The average molecular weight is 292 g/mol. The van der Waals surface area contributed by atoms with E-state index in [-0.39, 0.29) is 17.9 Å². The number of hydrogen-bond donors (Lipinski definition) is 1. The van der Waals surface area contributed by atoms with Gasteiger partial charge in [-0.1, -0.05) is 30.3 Å². The first-order valence-corrected chi connectivity index (χ1v) is 7.09. The number of benzene rings is 2. The number of para-hydroxylation sites is 2. The molecule has 0 unspecified atom stereocenters. The second-order valence-electron chi connectivity index (χ2n) is 5.19. The van der Waals surface area contributed by atoms with Crippen molar-refractivity contribution in [2.75, 3.05) is 5.32 Å². The van der Waals surface area contributed by atoms with E-state index in [2.05, 4.69) is 5.32 Å². The summed E-state index contributed by atoms with van der Waals surface area (Å²) in [4.78, 5) is 24.1. The van der Waals surface area contributed by atoms with Gasteiger partial charge in [0, 0.05) is 23.3 Å². The lowest BCUT2D eigenvalue weighted by molar-refractivity contribution is -0.116. The molecule has 110 valence electrons. The quantitative estimate of drug-likeness (QED) is 0.807. The molecule has 0 saturated heterocycles. The van der Waals surface area contributed by atoms with E-state index in [0.717, 1.165) is 16.8 Å². The van der Waals surface area contributed by atoms with Crippen LogP contribution in [0.25, 0.3) is 10.9 Å². The van der Waals surface area contributed by atoms with Crippen molar-refractivity contribution in [2.45, 2.75) is 13.5 Å². The molecule has 0 aliphatic carbocycles. The number of amides is 1. The van der Waals surface area contributed by atoms with Crippen LogP contribution in [-0.4, -0.2) is 10.5 Å². The first-order valence-electron chi connectivity index (χ1n) is 7.09. The van der Waals surface area contributed by atoms with E-state index in [1.54, 1.807) is 16.8 Å². The topological polar surface area (TPSA) is 51.1 Å². The van der Waals surface area contributed by atoms with Crippen LogP contribution in [0, 0.1) is 6.92 Å². The van der Waals surface area contributed by atoms with Crippen LogP contribution in [-0.2, 0) is 11.3 Å². The van der Waals surface area contributed by atoms with Gasteiger partial charge in [0.25, 0.3) is 0 Å². The Bertz CT molecular complexity index is 897. The van der Waals surface area contributed by atoms with Gasteiger partial charge >= 0.3 is 0 Å². The van der Waals surface area contributed by atoms with Gasteiger partial charge in [0.05, 0.1) is 5.52 Å². The third-order valence-electron chi connectivity index (χ3n) is 3.62. The molecule has 0 fully saturated rings. The summed E-state index contributed by atoms with van der Waals surface area (Å²) in [6, 6.07) is 16.4. The van der Waals surface area contributed by atoms with Gasteiger partial charge in [-0.2, -0.15) is 0 Å². The van der Waals surface area contributed by atoms with Crippen molar-refractivity contribution in [3.05, 3.63) is 76.6 Å². The average Bonchev–Trinajstić information content (AvgIpc) is 2.53. The van der Waals surface area contributed by atoms with Crippen LogP contribution in [0.15, 0.2) is 65.6 Å². The number of carbonyl (C=O) groups is 1. The van der Waals surface area contributed by atoms with Crippen molar-refractivity contribution in [1.29, 1.82) is 0 Å². The molecule has 0 atom stereocenters. The summed E-state index contributed by atoms with van der Waals surface area (Å²) in [5.74, 6) is -0.122. The van der Waals surface area contributed by atoms with Crippen LogP contribution in [0.5, 0.6) is 0 Å². The smallest absolute Gasteiger partial charge is 0.244 e. The van der Waals surface area contributed by atoms with Gasteiger partial charge in [-0.05, 0) is 30.7 Å². The fourth-order valence-electron chi connectivity index (χ4n) is 2.46. The number of rotatable bonds is 3. The Balaban J connectivity index is 1.88. The van der Waals surface area contributed by atoms with Crippen LogP contribution in [0.2, 0.25) is 0 Å². The third-order valence-corrected chi connectivity index (χ3v) is 3.62. The molecule has 1 heterocycles. The number of carbonyl (C=O) groups excluding carboxylic acids is 1. The molecule has 4 nitrogen and oxygen atoms in total. The summed E-state index contributed by atoms with van der Waals surface area (Å²) in [5, 5.41) is 3.52. The fourth-order valence-corrected chi connectivity index (χ4v) is 2.46. The molecule has 0 saturated carbocycles. The van der Waals surface area contributed by atoms with Gasteiger partial charge in [0.15, 0.2) is 5.43 Å². The Kier molecular flexibility index (Phi) is 3.74. The zero-order chi connectivity index (χ0) is 15.5. The number of pyridine rings is 1. The van der Waals surface area contributed by atoms with E-state index in [0.29, 0.717) is 5.39 Å². The maximum atomic E-state index is 12.3. The minimum Gasteiger partial charge on any atom is -0.338 e. The van der Waals surface area contributed by atoms with E-state index in [4.69, 9.17) is 0 Å². The fraction of sp³-hybridized carbons (Fsp3) is 0.111. The van der Waals surface area contributed by atoms with Crippen molar-refractivity contribution >= 4 is 22.5 Å². The minimum absolute atomic E-state index is 0.0360. The molecule has 22 heavy (non-hydrogen) atoms. The molecule has 0 aliphatic heterocycles. The van der Waals surface area contributed by atoms with Crippen molar-refractivity contribution in [3.8, 4) is 0 Å². The third kappa shape index (κ3) is 2.76. The van der Waals surface area contributed by atoms with Crippen LogP contribution < -0.4 is 10.7 Å². The Morgan fingerprint density at radius 3 is 2.59 bits per heavy atom. The number of nitrogens with zero attached hydrogens (tertiary/aromatic N) is 1. The van der Waals surface area contributed by atoms with Crippen molar-refractivity contribution < 1.29 is 4.79 Å². The minimum atomic E-state index is -0.122. The summed E-state index contributed by atoms with van der Waals surface area (Å²) in [5.41, 5.74) is 2.54. The lowest BCUT2D eigenvalue weighted by atomic mass is 10.2. The molecule has 2 aromatic carbocycles. The second kappa shape index (κ2) is 5.85. The van der Waals surface area contributed by atoms with Crippen molar-refractivity contribution in [3.63, 3.8) is 0 Å². The number of nitrogens with one attached hydrogen (secondary N) is 1. The normalized spacial score (nSPS) is 10.6. The van der Waals surface area contributed by atoms with Crippen LogP contribution in [0.4, 0.5) is 5.69 Å². The molecule has 0 aliphatic rings. The number of fused-ring (bicyclic) bond motifs is 1. The Morgan fingerprint density at radius 2 is 1.77 bits per heavy atom. The molecule has 1 amide bonds. The lowest BCUT2D eigenvalue weighted by Gasteiger charge is -2.12. The summed E-state index contributed by atoms with van der Waals surface area (Å²) in [6.07, 6.45) is 1.65. The molecule has 1 N–H and O–H groups in total. The first-order chi connectivity index (χ1) is 10.6. The Hall–Kier alpha value is -2.88. The van der Waals surface area contributed by atoms with Crippen LogP contribution >= 0.6 is 0 Å². The lowest BCUT2D eigenvalue weighted by Crippen LogP contribution is -2.20. The maximum absolute atomic E-state index is 12.3. The van der Waals surface area contributed by atoms with E-state index >= 15 is 0 Å². The second-order valence-corrected chi connectivity index (χ2v) is 5.19. The summed E-state index contributed by atoms with van der Waals surface area (Å²) >= 11 is 0. The number of anilines is 1. The number of aryl methyl sites for hydroxylation is 1. The highest BCUT2D eigenvalue weighted by Crippen LogP contribution is 2.14. The largest absolute Gasteiger partial charge is 0.338 e. The van der Waals surface area contributed by atoms with Gasteiger partial charge in [0.1, 0.15) is 6.54 Å². The van der Waals surface area contributed by atoms with E-state index < -0.39 is 0 Å². The highest BCUT2D eigenvalue weighted by Gasteiger charge is 2.08. The molecule has 0 radical (unpaired) electrons. The molecular formula is C18H16N2O2. The molecule has 4 heteroatoms. The Morgan fingerprint density at radius 1 is 1.05 bits per heavy atom. The molecule has 3 rings (SSSR count). The van der Waals surface area contributed by atoms with Gasteiger partial charge in [-0.15, -0.1) is 0 Å². The first kappa shape index (κ1) is 14.1. The van der Waals surface area contributed by atoms with Gasteiger partial charge < -0.3 is 9.88 Å². The maximum Gasteiger partial charge on any atom is 0.244 e. The number of aromatic nitrogens is 1. The molecular weight excluding hydrogens is 276 g/mol. The zero-order valence-electron chi connectivity index (χ0n) is 12.2. The van der Waals surface area contributed by atoms with E-state index in [9.17, 15) is 9.59 Å². The standard InChI is InChI=1S/C18H16N2O2/c1-13-6-2-4-8-15(13)19-18(22)12-20-11-10-17(21)14-7-3-5-9-16(14)20/h2-11H,12H2,1H3,(H,19,22). The monoisotopic (exact) mass is 292 g/mol. The highest BCUT2D eigenvalue weighted by atomic mass is 16.2. The molecule has 0 spiro atoms. The Labute approximate surface area is 128 Å². The summed E-state index contributed by atoms with van der Waals surface area (Å²) in [6.45, 7) is 2.11. The van der Waals surface area contributed by atoms with Crippen LogP contribution in [0.3, 0.4) is 0 Å². The SMILES string of the molecule is Cc1ccccc1NC(=O)Cn1ccc(=O)c2ccccc21. The number of hydrogen-bond acceptors (Lipinski definition) is 2. The molecule has 3 aromatic rings.